The zero-order chi connectivity index (χ0) is 31.0. The Morgan fingerprint density at radius 1 is 1.02 bits per heavy atom. The van der Waals surface area contributed by atoms with Gasteiger partial charge in [-0.1, -0.05) is 63.2 Å². The van der Waals surface area contributed by atoms with Crippen molar-refractivity contribution in [2.24, 2.45) is 17.6 Å². The Balaban J connectivity index is 1.81. The molecule has 1 amide bonds. The largest absolute Gasteiger partial charge is 0.508 e. The summed E-state index contributed by atoms with van der Waals surface area (Å²) in [6.45, 7) is 6.23. The number of hydrogen-bond acceptors (Lipinski definition) is 9. The molecular formula is C32H34N2O8. The monoisotopic (exact) mass is 574 g/mol. The molecule has 1 fully saturated rings. The van der Waals surface area contributed by atoms with Crippen LogP contribution in [0.25, 0.3) is 17.4 Å². The normalized spacial score (nSPS) is 28.6. The summed E-state index contributed by atoms with van der Waals surface area (Å²) < 4.78 is 0. The molecule has 0 saturated heterocycles. The van der Waals surface area contributed by atoms with Gasteiger partial charge in [-0.2, -0.15) is 0 Å². The van der Waals surface area contributed by atoms with Crippen LogP contribution in [0.2, 0.25) is 0 Å². The smallest absolute Gasteiger partial charge is 0.255 e. The van der Waals surface area contributed by atoms with Crippen LogP contribution in [0.4, 0.5) is 0 Å². The quantitative estimate of drug-likeness (QED) is 0.300. The molecule has 220 valence electrons. The molecule has 10 nitrogen and oxygen atoms in total. The second-order valence-electron chi connectivity index (χ2n) is 12.4. The van der Waals surface area contributed by atoms with Crippen molar-refractivity contribution in [2.75, 3.05) is 14.1 Å². The first-order valence-corrected chi connectivity index (χ1v) is 13.5. The molecule has 0 spiro atoms. The van der Waals surface area contributed by atoms with Crippen LogP contribution in [0, 0.1) is 11.8 Å². The maximum atomic E-state index is 14.2. The lowest BCUT2D eigenvalue weighted by Gasteiger charge is -2.53. The van der Waals surface area contributed by atoms with Gasteiger partial charge in [0.15, 0.2) is 11.4 Å². The molecule has 5 rings (SSSR count). The Labute approximate surface area is 242 Å². The zero-order valence-electron chi connectivity index (χ0n) is 23.9. The number of rotatable bonds is 3. The van der Waals surface area contributed by atoms with Gasteiger partial charge in [-0.25, -0.2) is 0 Å². The first kappa shape index (κ1) is 29.2. The van der Waals surface area contributed by atoms with E-state index in [9.17, 15) is 39.9 Å². The van der Waals surface area contributed by atoms with E-state index in [1.807, 2.05) is 24.3 Å². The highest BCUT2D eigenvalue weighted by atomic mass is 16.4. The Bertz CT molecular complexity index is 1630. The van der Waals surface area contributed by atoms with Gasteiger partial charge in [0.25, 0.3) is 5.91 Å². The number of likely N-dealkylation sites (N-methyl/N-ethyl adjacent to an activating group) is 1. The number of aliphatic hydroxyl groups excluding tert-OH is 3. The van der Waals surface area contributed by atoms with Crippen molar-refractivity contribution in [2.45, 2.75) is 43.9 Å². The number of ketones is 2. The number of carbonyl (C=O) groups excluding carboxylic acids is 3. The predicted molar refractivity (Wildman–Crippen MR) is 155 cm³/mol. The van der Waals surface area contributed by atoms with E-state index in [0.717, 1.165) is 5.56 Å². The predicted octanol–water partition coefficient (Wildman–Crippen LogP) is 2.23. The summed E-state index contributed by atoms with van der Waals surface area (Å²) in [5, 5.41) is 57.1. The van der Waals surface area contributed by atoms with Crippen molar-refractivity contribution in [1.29, 1.82) is 0 Å². The summed E-state index contributed by atoms with van der Waals surface area (Å²) in [6, 6.07) is 10.7. The van der Waals surface area contributed by atoms with Crippen molar-refractivity contribution >= 4 is 34.9 Å². The maximum absolute atomic E-state index is 14.2. The van der Waals surface area contributed by atoms with Crippen molar-refractivity contribution in [3.8, 4) is 5.75 Å². The molecule has 2 aromatic carbocycles. The fourth-order valence-corrected chi connectivity index (χ4v) is 6.57. The van der Waals surface area contributed by atoms with Gasteiger partial charge >= 0.3 is 0 Å². The number of Topliss-reactive ketones (excluding diaryl/α,β-unsaturated/α-hetero) is 2. The molecule has 5 unspecified atom stereocenters. The van der Waals surface area contributed by atoms with E-state index in [2.05, 4.69) is 20.8 Å². The summed E-state index contributed by atoms with van der Waals surface area (Å²) in [4.78, 5) is 41.2. The van der Waals surface area contributed by atoms with Gasteiger partial charge in [-0.3, -0.25) is 19.3 Å². The Morgan fingerprint density at radius 2 is 1.64 bits per heavy atom. The number of nitrogens with two attached hydrogens (primary N) is 1. The minimum absolute atomic E-state index is 0.0986. The number of amides is 1. The van der Waals surface area contributed by atoms with E-state index in [-0.39, 0.29) is 16.7 Å². The number of aromatic hydroxyl groups is 1. The molecular weight excluding hydrogens is 540 g/mol. The zero-order valence-corrected chi connectivity index (χ0v) is 23.9. The maximum Gasteiger partial charge on any atom is 0.255 e. The fourth-order valence-electron chi connectivity index (χ4n) is 6.57. The number of benzene rings is 2. The summed E-state index contributed by atoms with van der Waals surface area (Å²) in [5.74, 6) is -8.80. The summed E-state index contributed by atoms with van der Waals surface area (Å²) >= 11 is 0. The highest BCUT2D eigenvalue weighted by molar-refractivity contribution is 6.25. The number of nitrogens with zero attached hydrogens (tertiary/aromatic N) is 1. The number of carbonyl (C=O) groups is 3. The molecule has 0 radical (unpaired) electrons. The topological polar surface area (TPSA) is 182 Å². The number of fused-ring (bicyclic) bond motifs is 3. The molecule has 1 saturated carbocycles. The van der Waals surface area contributed by atoms with Gasteiger partial charge in [0.2, 0.25) is 5.78 Å². The van der Waals surface area contributed by atoms with Crippen LogP contribution < -0.4 is 5.73 Å². The van der Waals surface area contributed by atoms with Crippen LogP contribution in [0.1, 0.15) is 43.0 Å². The van der Waals surface area contributed by atoms with Crippen molar-refractivity contribution in [3.05, 3.63) is 81.6 Å². The number of aliphatic hydroxyl groups is 4. The van der Waals surface area contributed by atoms with Crippen molar-refractivity contribution in [1.82, 2.24) is 4.90 Å². The van der Waals surface area contributed by atoms with E-state index >= 15 is 0 Å². The number of hydrogen-bond donors (Lipinski definition) is 6. The lowest BCUT2D eigenvalue weighted by atomic mass is 9.55. The third-order valence-electron chi connectivity index (χ3n) is 8.63. The first-order chi connectivity index (χ1) is 19.5. The van der Waals surface area contributed by atoms with Crippen LogP contribution in [0.5, 0.6) is 5.75 Å². The van der Waals surface area contributed by atoms with Crippen molar-refractivity contribution < 1.29 is 39.9 Å². The van der Waals surface area contributed by atoms with E-state index in [1.165, 1.54) is 25.1 Å². The van der Waals surface area contributed by atoms with Gasteiger partial charge in [0, 0.05) is 5.92 Å². The molecule has 0 bridgehead atoms. The van der Waals surface area contributed by atoms with Gasteiger partial charge < -0.3 is 31.3 Å². The van der Waals surface area contributed by atoms with Crippen LogP contribution in [-0.4, -0.2) is 79.7 Å². The minimum atomic E-state index is -2.98. The number of phenolic OH excluding ortho intramolecular Hbond substituents is 1. The summed E-state index contributed by atoms with van der Waals surface area (Å²) in [6.07, 6.45) is -0.0175. The fraction of sp³-hybridized carbons (Fsp3) is 0.344. The second kappa shape index (κ2) is 9.65. The molecule has 2 aromatic rings. The van der Waals surface area contributed by atoms with Crippen LogP contribution >= 0.6 is 0 Å². The molecule has 7 N–H and O–H groups in total. The third-order valence-corrected chi connectivity index (χ3v) is 8.63. The molecule has 5 atom stereocenters. The highest BCUT2D eigenvalue weighted by Gasteiger charge is 2.68. The summed E-state index contributed by atoms with van der Waals surface area (Å²) in [7, 11) is 2.93. The molecule has 42 heavy (non-hydrogen) atoms. The second-order valence-corrected chi connectivity index (χ2v) is 12.4. The van der Waals surface area contributed by atoms with E-state index < -0.39 is 69.7 Å². The van der Waals surface area contributed by atoms with Gasteiger partial charge in [0.1, 0.15) is 22.8 Å². The standard InChI is InChI=1S/C32H34N2O8/c1-31(2,3)15-11-9-14(10-12-15)13-17-16-7-6-8-18(35)19(16)25(36)21-20(17)26(37)23-24(34(4)5)27(38)22(30(33)41)29(40)32(23,42)28(21)39/h6-13,20,23-24,26,35-37,40,42H,1-5H3,(H2,33,41)/b17-13+. The third kappa shape index (κ3) is 4.01. The average molecular weight is 575 g/mol. The Kier molecular flexibility index (Phi) is 6.72. The number of phenols is 1. The SMILES string of the molecule is CN(C)C1C(=O)C(C(N)=O)=C(O)C2(O)C(=O)C3=C(O)c4c(O)cccc4/C(=C\c4ccc(C(C)(C)C)cc4)C3C(O)C12. The lowest BCUT2D eigenvalue weighted by Crippen LogP contribution is -2.70. The van der Waals surface area contributed by atoms with E-state index in [4.69, 9.17) is 5.73 Å². The summed E-state index contributed by atoms with van der Waals surface area (Å²) in [5.41, 5.74) is 3.19. The molecule has 3 aliphatic rings. The van der Waals surface area contributed by atoms with Crippen molar-refractivity contribution in [3.63, 3.8) is 0 Å². The Morgan fingerprint density at radius 3 is 2.19 bits per heavy atom. The molecule has 10 heteroatoms. The van der Waals surface area contributed by atoms with Gasteiger partial charge in [-0.15, -0.1) is 0 Å². The molecule has 0 aromatic heterocycles. The number of primary amides is 1. The molecule has 3 aliphatic carbocycles. The Hall–Kier alpha value is -4.25. The van der Waals surface area contributed by atoms with Crippen LogP contribution in [0.3, 0.4) is 0 Å². The van der Waals surface area contributed by atoms with E-state index in [0.29, 0.717) is 16.7 Å². The first-order valence-electron chi connectivity index (χ1n) is 13.5. The van der Waals surface area contributed by atoms with Gasteiger partial charge in [0.05, 0.1) is 29.2 Å². The lowest BCUT2D eigenvalue weighted by molar-refractivity contribution is -0.166. The van der Waals surface area contributed by atoms with Gasteiger partial charge in [-0.05, 0) is 47.8 Å². The van der Waals surface area contributed by atoms with Crippen LogP contribution in [0.15, 0.2) is 59.4 Å². The van der Waals surface area contributed by atoms with E-state index in [1.54, 1.807) is 18.2 Å². The minimum Gasteiger partial charge on any atom is -0.508 e. The molecule has 0 heterocycles. The molecule has 0 aliphatic heterocycles. The highest BCUT2D eigenvalue weighted by Crippen LogP contribution is 2.56. The van der Waals surface area contributed by atoms with Crippen LogP contribution in [-0.2, 0) is 19.8 Å². The average Bonchev–Trinajstić information content (AvgIpc) is 2.89.